The van der Waals surface area contributed by atoms with E-state index in [9.17, 15) is 4.79 Å². The lowest BCUT2D eigenvalue weighted by molar-refractivity contribution is -0.141. The SMILES string of the molecule is CCC[C@@]1(COC)CCCN1C(=O)[C@@H](C)CC. The van der Waals surface area contributed by atoms with Crippen molar-refractivity contribution in [3.8, 4) is 0 Å². The van der Waals surface area contributed by atoms with Crippen LogP contribution >= 0.6 is 0 Å². The van der Waals surface area contributed by atoms with Crippen molar-refractivity contribution in [1.82, 2.24) is 4.90 Å². The first-order valence-electron chi connectivity index (χ1n) is 6.91. The second-order valence-corrected chi connectivity index (χ2v) is 5.31. The molecule has 0 spiro atoms. The molecule has 0 saturated carbocycles. The molecule has 2 atom stereocenters. The summed E-state index contributed by atoms with van der Waals surface area (Å²) in [6.07, 6.45) is 5.30. The summed E-state index contributed by atoms with van der Waals surface area (Å²) in [6, 6.07) is 0. The van der Waals surface area contributed by atoms with Gasteiger partial charge in [-0.05, 0) is 25.7 Å². The van der Waals surface area contributed by atoms with Crippen LogP contribution in [-0.4, -0.2) is 36.6 Å². The largest absolute Gasteiger partial charge is 0.382 e. The smallest absolute Gasteiger partial charge is 0.225 e. The minimum atomic E-state index is -0.0238. The van der Waals surface area contributed by atoms with Crippen LogP contribution in [0.1, 0.15) is 52.9 Å². The molecule has 0 bridgehead atoms. The molecule has 0 N–H and O–H groups in total. The number of methoxy groups -OCH3 is 1. The van der Waals surface area contributed by atoms with E-state index in [2.05, 4.69) is 18.7 Å². The summed E-state index contributed by atoms with van der Waals surface area (Å²) in [7, 11) is 1.74. The maximum atomic E-state index is 12.4. The van der Waals surface area contributed by atoms with Crippen LogP contribution in [0.2, 0.25) is 0 Å². The van der Waals surface area contributed by atoms with Crippen LogP contribution in [0.3, 0.4) is 0 Å². The third-order valence-electron chi connectivity index (χ3n) is 4.02. The third kappa shape index (κ3) is 3.01. The Hall–Kier alpha value is -0.570. The van der Waals surface area contributed by atoms with Crippen molar-refractivity contribution in [3.05, 3.63) is 0 Å². The van der Waals surface area contributed by atoms with Gasteiger partial charge in [-0.15, -0.1) is 0 Å². The number of carbonyl (C=O) groups is 1. The Labute approximate surface area is 106 Å². The Morgan fingerprint density at radius 1 is 1.47 bits per heavy atom. The predicted molar refractivity (Wildman–Crippen MR) is 69.9 cm³/mol. The Morgan fingerprint density at radius 2 is 2.18 bits per heavy atom. The van der Waals surface area contributed by atoms with Gasteiger partial charge in [0.2, 0.25) is 5.91 Å². The zero-order chi connectivity index (χ0) is 12.9. The van der Waals surface area contributed by atoms with Crippen LogP contribution in [0.15, 0.2) is 0 Å². The van der Waals surface area contributed by atoms with Gasteiger partial charge >= 0.3 is 0 Å². The monoisotopic (exact) mass is 241 g/mol. The van der Waals surface area contributed by atoms with Crippen molar-refractivity contribution in [1.29, 1.82) is 0 Å². The molecule has 0 aromatic carbocycles. The average molecular weight is 241 g/mol. The van der Waals surface area contributed by atoms with Gasteiger partial charge in [-0.25, -0.2) is 0 Å². The molecule has 3 nitrogen and oxygen atoms in total. The molecule has 0 unspecified atom stereocenters. The van der Waals surface area contributed by atoms with Gasteiger partial charge in [0.25, 0.3) is 0 Å². The highest BCUT2D eigenvalue weighted by molar-refractivity contribution is 5.79. The maximum absolute atomic E-state index is 12.4. The molecule has 0 aromatic heterocycles. The topological polar surface area (TPSA) is 29.5 Å². The van der Waals surface area contributed by atoms with Gasteiger partial charge in [-0.1, -0.05) is 27.2 Å². The van der Waals surface area contributed by atoms with Gasteiger partial charge in [0.05, 0.1) is 12.1 Å². The zero-order valence-electron chi connectivity index (χ0n) is 11.8. The maximum Gasteiger partial charge on any atom is 0.225 e. The number of rotatable bonds is 6. The molecule has 1 fully saturated rings. The average Bonchev–Trinajstić information content (AvgIpc) is 2.72. The summed E-state index contributed by atoms with van der Waals surface area (Å²) in [5.74, 6) is 0.455. The number of likely N-dealkylation sites (tertiary alicyclic amines) is 1. The van der Waals surface area contributed by atoms with Gasteiger partial charge in [-0.3, -0.25) is 4.79 Å². The molecule has 1 amide bonds. The highest BCUT2D eigenvalue weighted by Gasteiger charge is 2.43. The second kappa shape index (κ2) is 6.39. The zero-order valence-corrected chi connectivity index (χ0v) is 11.8. The summed E-state index contributed by atoms with van der Waals surface area (Å²) >= 11 is 0. The van der Waals surface area contributed by atoms with Crippen molar-refractivity contribution in [2.24, 2.45) is 5.92 Å². The Balaban J connectivity index is 2.83. The molecule has 1 aliphatic rings. The van der Waals surface area contributed by atoms with Crippen molar-refractivity contribution >= 4 is 5.91 Å². The standard InChI is InChI=1S/C14H27NO2/c1-5-8-14(11-17-4)9-7-10-15(14)13(16)12(3)6-2/h12H,5-11H2,1-4H3/t12-,14-/m0/s1. The van der Waals surface area contributed by atoms with Crippen LogP contribution < -0.4 is 0 Å². The number of carbonyl (C=O) groups excluding carboxylic acids is 1. The van der Waals surface area contributed by atoms with Crippen LogP contribution in [-0.2, 0) is 9.53 Å². The van der Waals surface area contributed by atoms with E-state index in [-0.39, 0.29) is 11.5 Å². The molecule has 1 aliphatic heterocycles. The fourth-order valence-electron chi connectivity index (χ4n) is 2.94. The number of hydrogen-bond acceptors (Lipinski definition) is 2. The van der Waals surface area contributed by atoms with Gasteiger partial charge in [0.15, 0.2) is 0 Å². The lowest BCUT2D eigenvalue weighted by atomic mass is 9.90. The molecule has 17 heavy (non-hydrogen) atoms. The molecule has 100 valence electrons. The Kier molecular flexibility index (Phi) is 5.44. The number of ether oxygens (including phenoxy) is 1. The summed E-state index contributed by atoms with van der Waals surface area (Å²) in [5.41, 5.74) is -0.0238. The van der Waals surface area contributed by atoms with E-state index in [0.29, 0.717) is 12.5 Å². The highest BCUT2D eigenvalue weighted by atomic mass is 16.5. The summed E-state index contributed by atoms with van der Waals surface area (Å²) < 4.78 is 5.38. The van der Waals surface area contributed by atoms with Gasteiger partial charge in [0.1, 0.15) is 0 Å². The first-order chi connectivity index (χ1) is 8.11. The summed E-state index contributed by atoms with van der Waals surface area (Å²) in [4.78, 5) is 14.5. The summed E-state index contributed by atoms with van der Waals surface area (Å²) in [6.45, 7) is 7.89. The minimum absolute atomic E-state index is 0.0238. The Bertz CT molecular complexity index is 247. The van der Waals surface area contributed by atoms with E-state index in [4.69, 9.17) is 4.74 Å². The van der Waals surface area contributed by atoms with Crippen LogP contribution in [0, 0.1) is 5.92 Å². The lowest BCUT2D eigenvalue weighted by Gasteiger charge is -2.39. The fraction of sp³-hybridized carbons (Fsp3) is 0.929. The van der Waals surface area contributed by atoms with Crippen molar-refractivity contribution in [3.63, 3.8) is 0 Å². The third-order valence-corrected chi connectivity index (χ3v) is 4.02. The first-order valence-corrected chi connectivity index (χ1v) is 6.91. The van der Waals surface area contributed by atoms with E-state index >= 15 is 0 Å². The fourth-order valence-corrected chi connectivity index (χ4v) is 2.94. The van der Waals surface area contributed by atoms with Gasteiger partial charge in [0, 0.05) is 19.6 Å². The minimum Gasteiger partial charge on any atom is -0.382 e. The summed E-state index contributed by atoms with van der Waals surface area (Å²) in [5, 5.41) is 0. The molecular weight excluding hydrogens is 214 g/mol. The highest BCUT2D eigenvalue weighted by Crippen LogP contribution is 2.35. The first kappa shape index (κ1) is 14.5. The number of amides is 1. The van der Waals surface area contributed by atoms with E-state index in [1.807, 2.05) is 6.92 Å². The lowest BCUT2D eigenvalue weighted by Crippen LogP contribution is -2.51. The molecule has 1 heterocycles. The van der Waals surface area contributed by atoms with Gasteiger partial charge < -0.3 is 9.64 Å². The predicted octanol–water partition coefficient (Wildman–Crippen LogP) is 2.84. The van der Waals surface area contributed by atoms with Crippen LogP contribution in [0.25, 0.3) is 0 Å². The second-order valence-electron chi connectivity index (χ2n) is 5.31. The van der Waals surface area contributed by atoms with E-state index in [1.165, 1.54) is 0 Å². The molecule has 0 aliphatic carbocycles. The molecule has 1 saturated heterocycles. The quantitative estimate of drug-likeness (QED) is 0.715. The van der Waals surface area contributed by atoms with E-state index in [1.54, 1.807) is 7.11 Å². The molecular formula is C14H27NO2. The van der Waals surface area contributed by atoms with Crippen LogP contribution in [0.4, 0.5) is 0 Å². The van der Waals surface area contributed by atoms with Crippen molar-refractivity contribution in [2.45, 2.75) is 58.4 Å². The van der Waals surface area contributed by atoms with E-state index < -0.39 is 0 Å². The molecule has 0 radical (unpaired) electrons. The Morgan fingerprint density at radius 3 is 2.71 bits per heavy atom. The van der Waals surface area contributed by atoms with Crippen LogP contribution in [0.5, 0.6) is 0 Å². The molecule has 1 rings (SSSR count). The number of nitrogens with zero attached hydrogens (tertiary/aromatic N) is 1. The van der Waals surface area contributed by atoms with Gasteiger partial charge in [-0.2, -0.15) is 0 Å². The normalized spacial score (nSPS) is 26.2. The van der Waals surface area contributed by atoms with Crippen molar-refractivity contribution in [2.75, 3.05) is 20.3 Å². The molecule has 3 heteroatoms. The van der Waals surface area contributed by atoms with E-state index in [0.717, 1.165) is 38.6 Å². The number of hydrogen-bond donors (Lipinski definition) is 0. The van der Waals surface area contributed by atoms with Crippen molar-refractivity contribution < 1.29 is 9.53 Å². The molecule has 0 aromatic rings.